The zero-order chi connectivity index (χ0) is 13.8. The Bertz CT molecular complexity index is 487. The lowest BCUT2D eigenvalue weighted by molar-refractivity contribution is 0.111. The van der Waals surface area contributed by atoms with E-state index in [0.29, 0.717) is 18.2 Å². The van der Waals surface area contributed by atoms with Gasteiger partial charge in [-0.3, -0.25) is 0 Å². The lowest BCUT2D eigenvalue weighted by Gasteiger charge is -2.27. The minimum absolute atomic E-state index is 0.225. The summed E-state index contributed by atoms with van der Waals surface area (Å²) in [6.07, 6.45) is 1.18. The minimum atomic E-state index is 0.225. The molecule has 0 amide bonds. The molecule has 1 aromatic carbocycles. The van der Waals surface area contributed by atoms with Crippen LogP contribution in [0.3, 0.4) is 0 Å². The summed E-state index contributed by atoms with van der Waals surface area (Å²) in [5.74, 6) is 0. The second kappa shape index (κ2) is 6.38. The first-order chi connectivity index (χ1) is 9.19. The molecule has 1 heterocycles. The highest BCUT2D eigenvalue weighted by atomic mass is 79.9. The van der Waals surface area contributed by atoms with E-state index in [1.54, 1.807) is 14.2 Å². The molecule has 0 radical (unpaired) electrons. The van der Waals surface area contributed by atoms with E-state index in [2.05, 4.69) is 26.9 Å². The molecular formula is C14H17BrN2O2. The number of hydrogen-bond acceptors (Lipinski definition) is 4. The summed E-state index contributed by atoms with van der Waals surface area (Å²) < 4.78 is 11.7. The van der Waals surface area contributed by atoms with Crippen molar-refractivity contribution in [2.75, 3.05) is 32.3 Å². The van der Waals surface area contributed by atoms with Crippen molar-refractivity contribution in [1.82, 2.24) is 0 Å². The molecule has 1 fully saturated rings. The second-order valence-electron chi connectivity index (χ2n) is 4.63. The predicted molar refractivity (Wildman–Crippen MR) is 77.3 cm³/mol. The molecular weight excluding hydrogens is 308 g/mol. The van der Waals surface area contributed by atoms with Crippen molar-refractivity contribution in [1.29, 1.82) is 5.26 Å². The first-order valence-electron chi connectivity index (χ1n) is 6.17. The maximum absolute atomic E-state index is 8.91. The number of methoxy groups -OCH3 is 2. The maximum Gasteiger partial charge on any atom is 0.0992 e. The smallest absolute Gasteiger partial charge is 0.0992 e. The number of ether oxygens (including phenoxy) is 2. The summed E-state index contributed by atoms with van der Waals surface area (Å²) in [7, 11) is 3.46. The van der Waals surface area contributed by atoms with Gasteiger partial charge in [0.05, 0.1) is 36.1 Å². The van der Waals surface area contributed by atoms with Crippen LogP contribution in [0.4, 0.5) is 5.69 Å². The van der Waals surface area contributed by atoms with Crippen LogP contribution in [-0.2, 0) is 9.47 Å². The van der Waals surface area contributed by atoms with Crippen LogP contribution >= 0.6 is 15.9 Å². The van der Waals surface area contributed by atoms with Crippen LogP contribution < -0.4 is 4.90 Å². The van der Waals surface area contributed by atoms with Gasteiger partial charge in [-0.15, -0.1) is 0 Å². The molecule has 0 spiro atoms. The maximum atomic E-state index is 8.91. The average molecular weight is 325 g/mol. The molecule has 1 aliphatic heterocycles. The summed E-state index contributed by atoms with van der Waals surface area (Å²) in [6, 6.07) is 8.11. The Morgan fingerprint density at radius 1 is 1.47 bits per heavy atom. The van der Waals surface area contributed by atoms with E-state index >= 15 is 0 Å². The van der Waals surface area contributed by atoms with Crippen molar-refractivity contribution >= 4 is 21.6 Å². The van der Waals surface area contributed by atoms with Crippen molar-refractivity contribution in [3.63, 3.8) is 0 Å². The number of anilines is 1. The monoisotopic (exact) mass is 324 g/mol. The number of benzene rings is 1. The Balaban J connectivity index is 2.26. The molecule has 0 N–H and O–H groups in total. The van der Waals surface area contributed by atoms with Gasteiger partial charge in [0.25, 0.3) is 0 Å². The Labute approximate surface area is 122 Å². The molecule has 1 aromatic rings. The lowest BCUT2D eigenvalue weighted by Crippen LogP contribution is -2.33. The van der Waals surface area contributed by atoms with Crippen molar-refractivity contribution in [2.45, 2.75) is 18.6 Å². The van der Waals surface area contributed by atoms with E-state index in [1.807, 2.05) is 18.2 Å². The molecule has 2 rings (SSSR count). The molecule has 102 valence electrons. The Kier molecular flexibility index (Phi) is 4.81. The number of rotatable bonds is 4. The largest absolute Gasteiger partial charge is 0.383 e. The van der Waals surface area contributed by atoms with Crippen molar-refractivity contribution < 1.29 is 9.47 Å². The first-order valence-corrected chi connectivity index (χ1v) is 6.97. The lowest BCUT2D eigenvalue weighted by atomic mass is 10.2. The fourth-order valence-corrected chi connectivity index (χ4v) is 3.11. The quantitative estimate of drug-likeness (QED) is 0.853. The Morgan fingerprint density at radius 2 is 2.26 bits per heavy atom. The van der Waals surface area contributed by atoms with Gasteiger partial charge in [-0.2, -0.15) is 5.26 Å². The molecule has 1 aliphatic rings. The highest BCUT2D eigenvalue weighted by Gasteiger charge is 2.33. The van der Waals surface area contributed by atoms with Crippen LogP contribution in [0.1, 0.15) is 12.0 Å². The van der Waals surface area contributed by atoms with E-state index in [4.69, 9.17) is 14.7 Å². The number of hydrogen-bond donors (Lipinski definition) is 0. The molecule has 0 unspecified atom stereocenters. The van der Waals surface area contributed by atoms with E-state index in [0.717, 1.165) is 23.1 Å². The van der Waals surface area contributed by atoms with Gasteiger partial charge in [0.15, 0.2) is 0 Å². The van der Waals surface area contributed by atoms with Gasteiger partial charge in [0.2, 0.25) is 0 Å². The highest BCUT2D eigenvalue weighted by molar-refractivity contribution is 9.10. The van der Waals surface area contributed by atoms with E-state index in [1.165, 1.54) is 0 Å². The zero-order valence-electron chi connectivity index (χ0n) is 11.1. The number of nitrogens with zero attached hydrogens (tertiary/aromatic N) is 2. The van der Waals surface area contributed by atoms with Crippen LogP contribution in [0.15, 0.2) is 22.7 Å². The summed E-state index contributed by atoms with van der Waals surface area (Å²) in [6.45, 7) is 1.52. The summed E-state index contributed by atoms with van der Waals surface area (Å²) in [5.41, 5.74) is 1.74. The van der Waals surface area contributed by atoms with Crippen LogP contribution in [0.5, 0.6) is 0 Å². The van der Waals surface area contributed by atoms with E-state index < -0.39 is 0 Å². The van der Waals surface area contributed by atoms with Crippen LogP contribution in [0.25, 0.3) is 0 Å². The van der Waals surface area contributed by atoms with Crippen LogP contribution in [0, 0.1) is 11.3 Å². The number of nitriles is 1. The third kappa shape index (κ3) is 3.08. The van der Waals surface area contributed by atoms with Gasteiger partial charge < -0.3 is 14.4 Å². The molecule has 1 saturated heterocycles. The van der Waals surface area contributed by atoms with Crippen LogP contribution in [0.2, 0.25) is 0 Å². The standard InChI is InChI=1S/C14H17BrN2O2/c1-18-9-11-6-12(19-2)8-17(11)14-4-3-10(7-16)5-13(14)15/h3-5,11-12H,6,8-9H2,1-2H3/t11-,12+/m0/s1. The van der Waals surface area contributed by atoms with Gasteiger partial charge >= 0.3 is 0 Å². The van der Waals surface area contributed by atoms with Crippen molar-refractivity contribution in [3.8, 4) is 6.07 Å². The van der Waals surface area contributed by atoms with Gasteiger partial charge in [0.1, 0.15) is 0 Å². The van der Waals surface area contributed by atoms with Gasteiger partial charge in [0, 0.05) is 25.2 Å². The third-order valence-electron chi connectivity index (χ3n) is 3.45. The highest BCUT2D eigenvalue weighted by Crippen LogP contribution is 2.33. The molecule has 0 aliphatic carbocycles. The molecule has 0 saturated carbocycles. The van der Waals surface area contributed by atoms with Gasteiger partial charge in [-0.1, -0.05) is 0 Å². The fourth-order valence-electron chi connectivity index (χ4n) is 2.50. The summed E-state index contributed by atoms with van der Waals surface area (Å²) >= 11 is 3.54. The first kappa shape index (κ1) is 14.3. The normalized spacial score (nSPS) is 22.5. The zero-order valence-corrected chi connectivity index (χ0v) is 12.7. The SMILES string of the molecule is COC[C@@H]1C[C@@H](OC)CN1c1ccc(C#N)cc1Br. The molecule has 19 heavy (non-hydrogen) atoms. The predicted octanol–water partition coefficient (Wildman–Crippen LogP) is 2.56. The summed E-state index contributed by atoms with van der Waals surface area (Å²) in [5, 5.41) is 8.91. The van der Waals surface area contributed by atoms with E-state index in [-0.39, 0.29) is 6.10 Å². The van der Waals surface area contributed by atoms with E-state index in [9.17, 15) is 0 Å². The van der Waals surface area contributed by atoms with Gasteiger partial charge in [-0.05, 0) is 40.5 Å². The molecule has 4 nitrogen and oxygen atoms in total. The topological polar surface area (TPSA) is 45.5 Å². The Hall–Kier alpha value is -1.09. The second-order valence-corrected chi connectivity index (χ2v) is 5.49. The minimum Gasteiger partial charge on any atom is -0.383 e. The molecule has 0 bridgehead atoms. The third-order valence-corrected chi connectivity index (χ3v) is 4.09. The van der Waals surface area contributed by atoms with Crippen LogP contribution in [-0.4, -0.2) is 39.5 Å². The Morgan fingerprint density at radius 3 is 2.84 bits per heavy atom. The van der Waals surface area contributed by atoms with Crippen molar-refractivity contribution in [3.05, 3.63) is 28.2 Å². The molecule has 5 heteroatoms. The average Bonchev–Trinajstić information content (AvgIpc) is 2.82. The molecule has 0 aromatic heterocycles. The fraction of sp³-hybridized carbons (Fsp3) is 0.500. The number of halogens is 1. The molecule has 2 atom stereocenters. The summed E-state index contributed by atoms with van der Waals surface area (Å²) in [4.78, 5) is 2.28. The van der Waals surface area contributed by atoms with Gasteiger partial charge in [-0.25, -0.2) is 0 Å². The van der Waals surface area contributed by atoms with Crippen molar-refractivity contribution in [2.24, 2.45) is 0 Å².